The van der Waals surface area contributed by atoms with E-state index in [9.17, 15) is 13.5 Å². The first-order valence-corrected chi connectivity index (χ1v) is 8.92. The lowest BCUT2D eigenvalue weighted by Crippen LogP contribution is -2.30. The molecule has 0 spiro atoms. The highest BCUT2D eigenvalue weighted by molar-refractivity contribution is 7.89. The predicted molar refractivity (Wildman–Crippen MR) is 84.8 cm³/mol. The zero-order chi connectivity index (χ0) is 15.6. The Morgan fingerprint density at radius 1 is 1.29 bits per heavy atom. The highest BCUT2D eigenvalue weighted by atomic mass is 32.2. The van der Waals surface area contributed by atoms with Gasteiger partial charge < -0.3 is 5.11 Å². The van der Waals surface area contributed by atoms with Crippen LogP contribution in [0.3, 0.4) is 0 Å². The molecule has 2 aromatic rings. The molecular formula is C15H19NO3S2. The van der Waals surface area contributed by atoms with Crippen molar-refractivity contribution in [2.45, 2.75) is 31.4 Å². The Hall–Kier alpha value is -1.21. The second kappa shape index (κ2) is 6.27. The van der Waals surface area contributed by atoms with E-state index >= 15 is 0 Å². The first-order valence-electron chi connectivity index (χ1n) is 6.60. The maximum atomic E-state index is 12.8. The Kier molecular flexibility index (Phi) is 4.83. The average Bonchev–Trinajstić information content (AvgIpc) is 2.99. The number of benzene rings is 1. The summed E-state index contributed by atoms with van der Waals surface area (Å²) in [6.45, 7) is 3.43. The normalized spacial score (nSPS) is 13.6. The van der Waals surface area contributed by atoms with E-state index in [4.69, 9.17) is 0 Å². The zero-order valence-corrected chi connectivity index (χ0v) is 13.9. The molecule has 0 saturated carbocycles. The largest absolute Gasteiger partial charge is 0.392 e. The smallest absolute Gasteiger partial charge is 0.243 e. The number of thiophene rings is 1. The molecule has 4 nitrogen and oxygen atoms in total. The molecule has 0 radical (unpaired) electrons. The standard InChI is InChI=1S/C15H19NO3S2/c1-11-13(10-17)6-4-8-15(11)21(18,19)16(3)12(2)14-7-5-9-20-14/h4-9,12,17H,10H2,1-3H3. The summed E-state index contributed by atoms with van der Waals surface area (Å²) in [6.07, 6.45) is 0. The van der Waals surface area contributed by atoms with Crippen LogP contribution < -0.4 is 0 Å². The van der Waals surface area contributed by atoms with Gasteiger partial charge in [0.15, 0.2) is 0 Å². The zero-order valence-electron chi connectivity index (χ0n) is 12.3. The molecule has 1 heterocycles. The highest BCUT2D eigenvalue weighted by Crippen LogP contribution is 2.30. The van der Waals surface area contributed by atoms with Crippen molar-refractivity contribution >= 4 is 21.4 Å². The maximum Gasteiger partial charge on any atom is 0.243 e. The van der Waals surface area contributed by atoms with Gasteiger partial charge in [0.05, 0.1) is 17.5 Å². The number of hydrogen-bond donors (Lipinski definition) is 1. The van der Waals surface area contributed by atoms with Crippen molar-refractivity contribution in [3.63, 3.8) is 0 Å². The molecule has 0 bridgehead atoms. The Morgan fingerprint density at radius 2 is 2.00 bits per heavy atom. The Bertz CT molecular complexity index is 709. The van der Waals surface area contributed by atoms with Crippen LogP contribution >= 0.6 is 11.3 Å². The number of hydrogen-bond acceptors (Lipinski definition) is 4. The molecule has 0 saturated heterocycles. The summed E-state index contributed by atoms with van der Waals surface area (Å²) in [6, 6.07) is 8.59. The molecule has 0 aliphatic heterocycles. The fraction of sp³-hybridized carbons (Fsp3) is 0.333. The van der Waals surface area contributed by atoms with Crippen molar-refractivity contribution in [3.8, 4) is 0 Å². The molecule has 21 heavy (non-hydrogen) atoms. The van der Waals surface area contributed by atoms with Gasteiger partial charge in [-0.25, -0.2) is 8.42 Å². The van der Waals surface area contributed by atoms with E-state index in [0.717, 1.165) is 4.88 Å². The molecule has 6 heteroatoms. The molecule has 2 rings (SSSR count). The number of aliphatic hydroxyl groups excluding tert-OH is 1. The molecule has 1 unspecified atom stereocenters. The Balaban J connectivity index is 2.42. The fourth-order valence-corrected chi connectivity index (χ4v) is 4.68. The molecular weight excluding hydrogens is 306 g/mol. The van der Waals surface area contributed by atoms with Crippen LogP contribution in [0.25, 0.3) is 0 Å². The van der Waals surface area contributed by atoms with Crippen molar-refractivity contribution in [1.82, 2.24) is 4.31 Å². The first-order chi connectivity index (χ1) is 9.89. The van der Waals surface area contributed by atoms with Crippen LogP contribution in [0.15, 0.2) is 40.6 Å². The van der Waals surface area contributed by atoms with Crippen LogP contribution in [0.4, 0.5) is 0 Å². The van der Waals surface area contributed by atoms with E-state index in [1.54, 1.807) is 32.2 Å². The molecule has 1 atom stereocenters. The highest BCUT2D eigenvalue weighted by Gasteiger charge is 2.28. The molecule has 114 valence electrons. The quantitative estimate of drug-likeness (QED) is 0.919. The summed E-state index contributed by atoms with van der Waals surface area (Å²) in [5, 5.41) is 11.2. The first kappa shape index (κ1) is 16.2. The van der Waals surface area contributed by atoms with Crippen molar-refractivity contribution in [3.05, 3.63) is 51.7 Å². The van der Waals surface area contributed by atoms with E-state index in [2.05, 4.69) is 0 Å². The average molecular weight is 325 g/mol. The molecule has 1 aromatic carbocycles. The number of sulfonamides is 1. The molecule has 0 aliphatic rings. The lowest BCUT2D eigenvalue weighted by Gasteiger charge is -2.24. The third-order valence-corrected chi connectivity index (χ3v) is 6.84. The van der Waals surface area contributed by atoms with E-state index in [0.29, 0.717) is 11.1 Å². The van der Waals surface area contributed by atoms with E-state index in [1.807, 2.05) is 24.4 Å². The summed E-state index contributed by atoms with van der Waals surface area (Å²) < 4.78 is 27.0. The van der Waals surface area contributed by atoms with Crippen molar-refractivity contribution in [1.29, 1.82) is 0 Å². The van der Waals surface area contributed by atoms with Crippen LogP contribution in [0, 0.1) is 6.92 Å². The van der Waals surface area contributed by atoms with Crippen molar-refractivity contribution in [2.75, 3.05) is 7.05 Å². The fourth-order valence-electron chi connectivity index (χ4n) is 2.18. The van der Waals surface area contributed by atoms with Crippen LogP contribution in [0.5, 0.6) is 0 Å². The van der Waals surface area contributed by atoms with E-state index < -0.39 is 10.0 Å². The van der Waals surface area contributed by atoms with Gasteiger partial charge in [-0.15, -0.1) is 11.3 Å². The third-order valence-electron chi connectivity index (χ3n) is 3.72. The minimum absolute atomic E-state index is 0.167. The van der Waals surface area contributed by atoms with Gasteiger partial charge in [-0.2, -0.15) is 4.31 Å². The SMILES string of the molecule is Cc1c(CO)cccc1S(=O)(=O)N(C)C(C)c1cccs1. The van der Waals surface area contributed by atoms with Crippen molar-refractivity contribution in [2.24, 2.45) is 0 Å². The van der Waals surface area contributed by atoms with Gasteiger partial charge in [0.2, 0.25) is 10.0 Å². The second-order valence-electron chi connectivity index (χ2n) is 4.91. The van der Waals surface area contributed by atoms with Crippen LogP contribution in [-0.4, -0.2) is 24.9 Å². The van der Waals surface area contributed by atoms with Gasteiger partial charge >= 0.3 is 0 Å². The number of rotatable bonds is 5. The summed E-state index contributed by atoms with van der Waals surface area (Å²) in [5.74, 6) is 0. The number of aliphatic hydroxyl groups is 1. The minimum atomic E-state index is -3.60. The molecule has 1 N–H and O–H groups in total. The van der Waals surface area contributed by atoms with Gasteiger partial charge in [-0.05, 0) is 42.5 Å². The summed E-state index contributed by atoms with van der Waals surface area (Å²) in [5.41, 5.74) is 1.23. The van der Waals surface area contributed by atoms with Crippen LogP contribution in [-0.2, 0) is 16.6 Å². The summed E-state index contributed by atoms with van der Waals surface area (Å²) in [7, 11) is -2.01. The van der Waals surface area contributed by atoms with Gasteiger partial charge in [0, 0.05) is 11.9 Å². The Labute approximate surface area is 129 Å². The van der Waals surface area contributed by atoms with Gasteiger partial charge in [-0.1, -0.05) is 18.2 Å². The van der Waals surface area contributed by atoms with E-state index in [1.165, 1.54) is 15.6 Å². The third kappa shape index (κ3) is 3.03. The Morgan fingerprint density at radius 3 is 2.57 bits per heavy atom. The van der Waals surface area contributed by atoms with Gasteiger partial charge in [0.1, 0.15) is 0 Å². The predicted octanol–water partition coefficient (Wildman–Crippen LogP) is 2.93. The van der Waals surface area contributed by atoms with Crippen LogP contribution in [0.2, 0.25) is 0 Å². The van der Waals surface area contributed by atoms with Crippen LogP contribution in [0.1, 0.15) is 29.0 Å². The van der Waals surface area contributed by atoms with Gasteiger partial charge in [0.25, 0.3) is 0 Å². The second-order valence-corrected chi connectivity index (χ2v) is 7.86. The molecule has 0 aliphatic carbocycles. The molecule has 1 aromatic heterocycles. The topological polar surface area (TPSA) is 57.6 Å². The monoisotopic (exact) mass is 325 g/mol. The summed E-state index contributed by atoms with van der Waals surface area (Å²) in [4.78, 5) is 1.25. The van der Waals surface area contributed by atoms with E-state index in [-0.39, 0.29) is 17.5 Å². The lowest BCUT2D eigenvalue weighted by molar-refractivity contribution is 0.280. The minimum Gasteiger partial charge on any atom is -0.392 e. The lowest BCUT2D eigenvalue weighted by atomic mass is 10.1. The van der Waals surface area contributed by atoms with Crippen molar-refractivity contribution < 1.29 is 13.5 Å². The molecule has 0 amide bonds. The summed E-state index contributed by atoms with van der Waals surface area (Å²) >= 11 is 1.54. The number of nitrogens with zero attached hydrogens (tertiary/aromatic N) is 1. The van der Waals surface area contributed by atoms with Gasteiger partial charge in [-0.3, -0.25) is 0 Å². The maximum absolute atomic E-state index is 12.8. The molecule has 0 fully saturated rings.